The molecule has 24 heavy (non-hydrogen) atoms. The maximum Gasteiger partial charge on any atom is 0.225 e. The Labute approximate surface area is 143 Å². The van der Waals surface area contributed by atoms with Gasteiger partial charge < -0.3 is 14.4 Å². The van der Waals surface area contributed by atoms with Gasteiger partial charge in [0.05, 0.1) is 13.2 Å². The molecule has 1 N–H and O–H groups in total. The third kappa shape index (κ3) is 2.88. The molecule has 3 aliphatic rings. The van der Waals surface area contributed by atoms with Crippen LogP contribution >= 0.6 is 0 Å². The highest BCUT2D eigenvalue weighted by atomic mass is 16.3. The number of carbonyl (C=O) groups excluding carboxylic acids is 1. The van der Waals surface area contributed by atoms with Gasteiger partial charge >= 0.3 is 0 Å². The summed E-state index contributed by atoms with van der Waals surface area (Å²) < 4.78 is 5.84. The molecule has 1 aliphatic carbocycles. The number of aliphatic hydroxyl groups excluding tert-OH is 1. The van der Waals surface area contributed by atoms with Crippen LogP contribution in [0.4, 0.5) is 0 Å². The van der Waals surface area contributed by atoms with Gasteiger partial charge in [-0.3, -0.25) is 9.69 Å². The largest absolute Gasteiger partial charge is 0.465 e. The van der Waals surface area contributed by atoms with E-state index in [0.717, 1.165) is 69.9 Å². The lowest BCUT2D eigenvalue weighted by molar-refractivity contribution is -0.132. The Kier molecular flexibility index (Phi) is 4.17. The van der Waals surface area contributed by atoms with Crippen molar-refractivity contribution >= 4 is 5.91 Å². The third-order valence-electron chi connectivity index (χ3n) is 6.14. The molecule has 1 amide bonds. The molecule has 0 radical (unpaired) electrons. The van der Waals surface area contributed by atoms with Gasteiger partial charge in [0.25, 0.3) is 0 Å². The maximum absolute atomic E-state index is 12.4. The molecule has 2 saturated heterocycles. The number of aliphatic hydroxyl groups is 1. The number of likely N-dealkylation sites (tertiary alicyclic amines) is 2. The molecule has 0 aromatic carbocycles. The Bertz CT molecular complexity index is 610. The summed E-state index contributed by atoms with van der Waals surface area (Å²) in [5, 5.41) is 10.1. The average molecular weight is 332 g/mol. The Morgan fingerprint density at radius 2 is 2.08 bits per heavy atom. The van der Waals surface area contributed by atoms with E-state index in [1.54, 1.807) is 0 Å². The van der Waals surface area contributed by atoms with E-state index in [4.69, 9.17) is 4.42 Å². The van der Waals surface area contributed by atoms with E-state index < -0.39 is 0 Å². The smallest absolute Gasteiger partial charge is 0.225 e. The summed E-state index contributed by atoms with van der Waals surface area (Å²) in [5.74, 6) is 3.06. The number of amides is 1. The lowest BCUT2D eigenvalue weighted by atomic mass is 9.74. The van der Waals surface area contributed by atoms with E-state index in [-0.39, 0.29) is 17.9 Å². The number of furan rings is 1. The summed E-state index contributed by atoms with van der Waals surface area (Å²) in [7, 11) is 0. The Morgan fingerprint density at radius 1 is 1.29 bits per heavy atom. The number of rotatable bonds is 5. The van der Waals surface area contributed by atoms with Crippen LogP contribution in [-0.2, 0) is 17.8 Å². The summed E-state index contributed by atoms with van der Waals surface area (Å²) in [6.45, 7) is 6.48. The molecule has 3 heterocycles. The molecule has 5 heteroatoms. The standard InChI is InChI=1S/C19H28N2O3/c1-2-16-5-6-17(24-16)10-20-8-7-15-9-21(18(23)14-3-4-14)12-19(15,11-20)13-22/h5-6,14-15,22H,2-4,7-13H2,1H3/t15-,19+/m0/s1. The fraction of sp³-hybridized carbons (Fsp3) is 0.737. The zero-order chi connectivity index (χ0) is 16.7. The van der Waals surface area contributed by atoms with Crippen molar-refractivity contribution in [2.75, 3.05) is 32.8 Å². The first kappa shape index (κ1) is 16.2. The number of hydrogen-bond donors (Lipinski definition) is 1. The van der Waals surface area contributed by atoms with E-state index in [9.17, 15) is 9.90 Å². The normalized spacial score (nSPS) is 30.6. The van der Waals surface area contributed by atoms with Crippen LogP contribution in [0.5, 0.6) is 0 Å². The first-order valence-corrected chi connectivity index (χ1v) is 9.33. The molecule has 132 valence electrons. The van der Waals surface area contributed by atoms with Crippen molar-refractivity contribution in [1.82, 2.24) is 9.80 Å². The van der Waals surface area contributed by atoms with Crippen molar-refractivity contribution in [2.24, 2.45) is 17.3 Å². The van der Waals surface area contributed by atoms with E-state index in [1.165, 1.54) is 0 Å². The van der Waals surface area contributed by atoms with Gasteiger partial charge in [-0.1, -0.05) is 6.92 Å². The zero-order valence-electron chi connectivity index (χ0n) is 14.5. The van der Waals surface area contributed by atoms with Gasteiger partial charge in [-0.25, -0.2) is 0 Å². The number of aryl methyl sites for hydroxylation is 1. The quantitative estimate of drug-likeness (QED) is 0.895. The molecular weight excluding hydrogens is 304 g/mol. The molecule has 1 aromatic rings. The predicted molar refractivity (Wildman–Crippen MR) is 90.3 cm³/mol. The molecule has 0 unspecified atom stereocenters. The average Bonchev–Trinajstić information content (AvgIpc) is 3.23. The van der Waals surface area contributed by atoms with Crippen LogP contribution < -0.4 is 0 Å². The molecule has 2 aliphatic heterocycles. The fourth-order valence-corrected chi connectivity index (χ4v) is 4.51. The summed E-state index contributed by atoms with van der Waals surface area (Å²) >= 11 is 0. The highest BCUT2D eigenvalue weighted by Gasteiger charge is 2.51. The van der Waals surface area contributed by atoms with Crippen LogP contribution in [-0.4, -0.2) is 53.6 Å². The summed E-state index contributed by atoms with van der Waals surface area (Å²) in [6.07, 6.45) is 4.07. The lowest BCUT2D eigenvalue weighted by Gasteiger charge is -2.42. The zero-order valence-corrected chi connectivity index (χ0v) is 14.5. The van der Waals surface area contributed by atoms with Gasteiger partial charge in [0, 0.05) is 37.4 Å². The van der Waals surface area contributed by atoms with Gasteiger partial charge in [-0.15, -0.1) is 0 Å². The molecule has 2 atom stereocenters. The van der Waals surface area contributed by atoms with E-state index in [1.807, 2.05) is 4.90 Å². The molecule has 1 saturated carbocycles. The Hall–Kier alpha value is -1.33. The van der Waals surface area contributed by atoms with Crippen molar-refractivity contribution in [2.45, 2.75) is 39.2 Å². The Balaban J connectivity index is 1.43. The van der Waals surface area contributed by atoms with Crippen molar-refractivity contribution in [3.63, 3.8) is 0 Å². The number of fused-ring (bicyclic) bond motifs is 1. The second-order valence-electron chi connectivity index (χ2n) is 7.93. The second kappa shape index (κ2) is 6.19. The molecule has 0 spiro atoms. The van der Waals surface area contributed by atoms with Crippen molar-refractivity contribution < 1.29 is 14.3 Å². The minimum absolute atomic E-state index is 0.150. The van der Waals surface area contributed by atoms with E-state index in [0.29, 0.717) is 11.8 Å². The summed E-state index contributed by atoms with van der Waals surface area (Å²) in [5.41, 5.74) is -0.150. The van der Waals surface area contributed by atoms with Crippen LogP contribution in [0.2, 0.25) is 0 Å². The van der Waals surface area contributed by atoms with Gasteiger partial charge in [-0.05, 0) is 43.9 Å². The van der Waals surface area contributed by atoms with Crippen LogP contribution in [0, 0.1) is 17.3 Å². The van der Waals surface area contributed by atoms with Crippen molar-refractivity contribution in [3.05, 3.63) is 23.7 Å². The lowest BCUT2D eigenvalue weighted by Crippen LogP contribution is -2.50. The first-order valence-electron chi connectivity index (χ1n) is 9.33. The van der Waals surface area contributed by atoms with Gasteiger partial charge in [-0.2, -0.15) is 0 Å². The number of nitrogens with zero attached hydrogens (tertiary/aromatic N) is 2. The SMILES string of the molecule is CCc1ccc(CN2CC[C@H]3CN(C(=O)C4CC4)C[C@@]3(CO)C2)o1. The molecule has 4 rings (SSSR count). The minimum atomic E-state index is -0.150. The minimum Gasteiger partial charge on any atom is -0.465 e. The summed E-state index contributed by atoms with van der Waals surface area (Å²) in [4.78, 5) is 16.9. The molecule has 5 nitrogen and oxygen atoms in total. The third-order valence-corrected chi connectivity index (χ3v) is 6.14. The van der Waals surface area contributed by atoms with Crippen molar-refractivity contribution in [1.29, 1.82) is 0 Å². The van der Waals surface area contributed by atoms with Crippen LogP contribution in [0.1, 0.15) is 37.7 Å². The second-order valence-corrected chi connectivity index (χ2v) is 7.93. The highest BCUT2D eigenvalue weighted by Crippen LogP contribution is 2.44. The molecule has 3 fully saturated rings. The van der Waals surface area contributed by atoms with Gasteiger partial charge in [0.15, 0.2) is 0 Å². The summed E-state index contributed by atoms with van der Waals surface area (Å²) in [6, 6.07) is 4.11. The van der Waals surface area contributed by atoms with Gasteiger partial charge in [0.1, 0.15) is 11.5 Å². The van der Waals surface area contributed by atoms with E-state index in [2.05, 4.69) is 24.0 Å². The topological polar surface area (TPSA) is 56.9 Å². The Morgan fingerprint density at radius 3 is 2.75 bits per heavy atom. The van der Waals surface area contributed by atoms with Crippen LogP contribution in [0.25, 0.3) is 0 Å². The fourth-order valence-electron chi connectivity index (χ4n) is 4.51. The first-order chi connectivity index (χ1) is 11.6. The van der Waals surface area contributed by atoms with Crippen molar-refractivity contribution in [3.8, 4) is 0 Å². The monoisotopic (exact) mass is 332 g/mol. The predicted octanol–water partition coefficient (Wildman–Crippen LogP) is 1.89. The van der Waals surface area contributed by atoms with E-state index >= 15 is 0 Å². The molecule has 0 bridgehead atoms. The maximum atomic E-state index is 12.4. The highest BCUT2D eigenvalue weighted by molar-refractivity contribution is 5.81. The molecular formula is C19H28N2O3. The molecule has 1 aromatic heterocycles. The number of carbonyl (C=O) groups is 1. The number of piperidine rings is 1. The van der Waals surface area contributed by atoms with Gasteiger partial charge in [0.2, 0.25) is 5.91 Å². The van der Waals surface area contributed by atoms with Crippen LogP contribution in [0.3, 0.4) is 0 Å². The number of hydrogen-bond acceptors (Lipinski definition) is 4. The van der Waals surface area contributed by atoms with Crippen LogP contribution in [0.15, 0.2) is 16.5 Å².